The van der Waals surface area contributed by atoms with E-state index in [2.05, 4.69) is 15.2 Å². The summed E-state index contributed by atoms with van der Waals surface area (Å²) in [6.07, 6.45) is 3.59. The molecule has 1 aromatic carbocycles. The first-order valence-corrected chi connectivity index (χ1v) is 6.66. The molecule has 0 aliphatic heterocycles. The van der Waals surface area contributed by atoms with Gasteiger partial charge in [0.15, 0.2) is 0 Å². The summed E-state index contributed by atoms with van der Waals surface area (Å²) >= 11 is 0. The SMILES string of the molecule is NC(=O)c1cnccc1-c1cc(Cc2ccc(F)cc2)[nH]n1. The van der Waals surface area contributed by atoms with Crippen molar-refractivity contribution in [1.82, 2.24) is 15.2 Å². The van der Waals surface area contributed by atoms with E-state index >= 15 is 0 Å². The van der Waals surface area contributed by atoms with Crippen LogP contribution in [-0.2, 0) is 6.42 Å². The number of H-pyrrole nitrogens is 1. The van der Waals surface area contributed by atoms with Gasteiger partial charge in [0.2, 0.25) is 0 Å². The highest BCUT2D eigenvalue weighted by Crippen LogP contribution is 2.22. The molecule has 2 heterocycles. The lowest BCUT2D eigenvalue weighted by Crippen LogP contribution is -2.12. The van der Waals surface area contributed by atoms with E-state index in [-0.39, 0.29) is 5.82 Å². The number of hydrogen-bond acceptors (Lipinski definition) is 3. The molecule has 6 heteroatoms. The number of carbonyl (C=O) groups excluding carboxylic acids is 1. The molecule has 0 atom stereocenters. The molecular formula is C16H13FN4O. The molecule has 0 aliphatic rings. The standard InChI is InChI=1S/C16H13FN4O/c17-11-3-1-10(2-4-11)7-12-8-15(21-20-12)13-5-6-19-9-14(13)16(18)22/h1-6,8-9H,7H2,(H2,18,22)(H,20,21). The van der Waals surface area contributed by atoms with Gasteiger partial charge in [-0.1, -0.05) is 12.1 Å². The topological polar surface area (TPSA) is 84.7 Å². The van der Waals surface area contributed by atoms with Gasteiger partial charge in [-0.2, -0.15) is 5.10 Å². The largest absolute Gasteiger partial charge is 0.366 e. The number of carbonyl (C=O) groups is 1. The smallest absolute Gasteiger partial charge is 0.250 e. The Bertz CT molecular complexity index is 811. The molecule has 3 aromatic rings. The second kappa shape index (κ2) is 5.77. The molecular weight excluding hydrogens is 283 g/mol. The normalized spacial score (nSPS) is 10.6. The number of rotatable bonds is 4. The Hall–Kier alpha value is -3.02. The number of primary amides is 1. The van der Waals surface area contributed by atoms with Gasteiger partial charge in [0.1, 0.15) is 5.82 Å². The van der Waals surface area contributed by atoms with E-state index in [9.17, 15) is 9.18 Å². The van der Waals surface area contributed by atoms with Crippen molar-refractivity contribution in [2.24, 2.45) is 5.73 Å². The molecule has 110 valence electrons. The van der Waals surface area contributed by atoms with Crippen molar-refractivity contribution in [3.05, 3.63) is 71.4 Å². The van der Waals surface area contributed by atoms with Crippen LogP contribution in [0.4, 0.5) is 4.39 Å². The third-order valence-corrected chi connectivity index (χ3v) is 3.30. The summed E-state index contributed by atoms with van der Waals surface area (Å²) < 4.78 is 12.9. The Morgan fingerprint density at radius 3 is 2.73 bits per heavy atom. The quantitative estimate of drug-likeness (QED) is 0.774. The zero-order chi connectivity index (χ0) is 15.5. The van der Waals surface area contributed by atoms with Crippen LogP contribution in [0.5, 0.6) is 0 Å². The number of pyridine rings is 1. The van der Waals surface area contributed by atoms with Crippen molar-refractivity contribution in [2.45, 2.75) is 6.42 Å². The minimum Gasteiger partial charge on any atom is -0.366 e. The highest BCUT2D eigenvalue weighted by atomic mass is 19.1. The van der Waals surface area contributed by atoms with Gasteiger partial charge in [-0.3, -0.25) is 14.9 Å². The molecule has 0 aliphatic carbocycles. The molecule has 2 aromatic heterocycles. The summed E-state index contributed by atoms with van der Waals surface area (Å²) in [5.74, 6) is -0.817. The van der Waals surface area contributed by atoms with E-state index < -0.39 is 5.91 Å². The van der Waals surface area contributed by atoms with Gasteiger partial charge in [-0.25, -0.2) is 4.39 Å². The number of amides is 1. The highest BCUT2D eigenvalue weighted by molar-refractivity contribution is 5.99. The van der Waals surface area contributed by atoms with Gasteiger partial charge in [0.05, 0.1) is 11.3 Å². The maximum absolute atomic E-state index is 12.9. The first kappa shape index (κ1) is 13.9. The van der Waals surface area contributed by atoms with Gasteiger partial charge in [-0.05, 0) is 29.8 Å². The van der Waals surface area contributed by atoms with E-state index in [4.69, 9.17) is 5.73 Å². The number of hydrogen-bond donors (Lipinski definition) is 2. The molecule has 0 spiro atoms. The lowest BCUT2D eigenvalue weighted by molar-refractivity contribution is 0.100. The molecule has 0 radical (unpaired) electrons. The molecule has 0 unspecified atom stereocenters. The minimum atomic E-state index is -0.550. The van der Waals surface area contributed by atoms with Gasteiger partial charge in [-0.15, -0.1) is 0 Å². The molecule has 0 saturated heterocycles. The molecule has 3 rings (SSSR count). The average molecular weight is 296 g/mol. The number of aromatic nitrogens is 3. The maximum Gasteiger partial charge on any atom is 0.250 e. The Balaban J connectivity index is 1.88. The second-order valence-electron chi connectivity index (χ2n) is 4.87. The second-order valence-corrected chi connectivity index (χ2v) is 4.87. The Morgan fingerprint density at radius 2 is 2.00 bits per heavy atom. The minimum absolute atomic E-state index is 0.267. The van der Waals surface area contributed by atoms with Crippen molar-refractivity contribution in [1.29, 1.82) is 0 Å². The van der Waals surface area contributed by atoms with Crippen molar-refractivity contribution in [2.75, 3.05) is 0 Å². The van der Waals surface area contributed by atoms with Crippen LogP contribution in [0, 0.1) is 5.82 Å². The van der Waals surface area contributed by atoms with Crippen molar-refractivity contribution in [3.8, 4) is 11.3 Å². The van der Waals surface area contributed by atoms with Crippen LogP contribution in [0.2, 0.25) is 0 Å². The summed E-state index contributed by atoms with van der Waals surface area (Å²) in [5.41, 5.74) is 8.73. The number of aromatic amines is 1. The molecule has 1 amide bonds. The lowest BCUT2D eigenvalue weighted by Gasteiger charge is -2.01. The third kappa shape index (κ3) is 2.85. The number of benzene rings is 1. The fourth-order valence-electron chi connectivity index (χ4n) is 2.23. The molecule has 0 saturated carbocycles. The monoisotopic (exact) mass is 296 g/mol. The zero-order valence-corrected chi connectivity index (χ0v) is 11.6. The highest BCUT2D eigenvalue weighted by Gasteiger charge is 2.13. The van der Waals surface area contributed by atoms with Crippen molar-refractivity contribution < 1.29 is 9.18 Å². The number of nitrogens with two attached hydrogens (primary N) is 1. The van der Waals surface area contributed by atoms with E-state index in [1.54, 1.807) is 24.4 Å². The zero-order valence-electron chi connectivity index (χ0n) is 11.6. The molecule has 5 nitrogen and oxygen atoms in total. The Kier molecular flexibility index (Phi) is 3.65. The summed E-state index contributed by atoms with van der Waals surface area (Å²) in [7, 11) is 0. The van der Waals surface area contributed by atoms with Crippen LogP contribution in [-0.4, -0.2) is 21.1 Å². The Morgan fingerprint density at radius 1 is 1.23 bits per heavy atom. The van der Waals surface area contributed by atoms with Gasteiger partial charge >= 0.3 is 0 Å². The van der Waals surface area contributed by atoms with Crippen molar-refractivity contribution in [3.63, 3.8) is 0 Å². The van der Waals surface area contributed by atoms with Gasteiger partial charge < -0.3 is 5.73 Å². The van der Waals surface area contributed by atoms with Crippen LogP contribution in [0.15, 0.2) is 48.8 Å². The summed E-state index contributed by atoms with van der Waals surface area (Å²) in [5, 5.41) is 7.13. The summed E-state index contributed by atoms with van der Waals surface area (Å²) in [4.78, 5) is 15.3. The first-order valence-electron chi connectivity index (χ1n) is 6.66. The number of nitrogens with one attached hydrogen (secondary N) is 1. The number of nitrogens with zero attached hydrogens (tertiary/aromatic N) is 2. The Labute approximate surface area is 126 Å². The summed E-state index contributed by atoms with van der Waals surface area (Å²) in [6, 6.07) is 9.80. The fourth-order valence-corrected chi connectivity index (χ4v) is 2.23. The van der Waals surface area contributed by atoms with Gasteiger partial charge in [0.25, 0.3) is 5.91 Å². The van der Waals surface area contributed by atoms with Gasteiger partial charge in [0, 0.05) is 30.1 Å². The third-order valence-electron chi connectivity index (χ3n) is 3.30. The number of halogens is 1. The molecule has 0 fully saturated rings. The van der Waals surface area contributed by atoms with Crippen LogP contribution in [0.3, 0.4) is 0 Å². The fraction of sp³-hybridized carbons (Fsp3) is 0.0625. The lowest BCUT2D eigenvalue weighted by atomic mass is 10.1. The predicted octanol–water partition coefficient (Wildman–Crippen LogP) is 2.30. The first-order chi connectivity index (χ1) is 10.6. The van der Waals surface area contributed by atoms with E-state index in [0.29, 0.717) is 23.2 Å². The van der Waals surface area contributed by atoms with E-state index in [1.165, 1.54) is 18.3 Å². The van der Waals surface area contributed by atoms with Crippen molar-refractivity contribution >= 4 is 5.91 Å². The molecule has 0 bridgehead atoms. The van der Waals surface area contributed by atoms with E-state index in [1.807, 2.05) is 6.07 Å². The van der Waals surface area contributed by atoms with Crippen LogP contribution >= 0.6 is 0 Å². The van der Waals surface area contributed by atoms with Crippen LogP contribution < -0.4 is 5.73 Å². The average Bonchev–Trinajstić information content (AvgIpc) is 2.98. The van der Waals surface area contributed by atoms with E-state index in [0.717, 1.165) is 11.3 Å². The van der Waals surface area contributed by atoms with Crippen LogP contribution in [0.1, 0.15) is 21.6 Å². The molecule has 22 heavy (non-hydrogen) atoms. The predicted molar refractivity (Wildman–Crippen MR) is 79.5 cm³/mol. The van der Waals surface area contributed by atoms with Crippen LogP contribution in [0.25, 0.3) is 11.3 Å². The summed E-state index contributed by atoms with van der Waals surface area (Å²) in [6.45, 7) is 0. The molecule has 3 N–H and O–H groups in total. The maximum atomic E-state index is 12.9.